The number of sulfonamides is 1. The zero-order chi connectivity index (χ0) is 17.0. The van der Waals surface area contributed by atoms with Crippen molar-refractivity contribution in [3.8, 4) is 0 Å². The molecule has 1 aliphatic rings. The van der Waals surface area contributed by atoms with E-state index >= 15 is 0 Å². The molecule has 0 radical (unpaired) electrons. The van der Waals surface area contributed by atoms with Gasteiger partial charge >= 0.3 is 0 Å². The molecule has 1 aliphatic heterocycles. The van der Waals surface area contributed by atoms with Gasteiger partial charge in [0.25, 0.3) is 10.0 Å². The zero-order valence-corrected chi connectivity index (χ0v) is 16.1. The minimum Gasteiger partial charge on any atom is -0.385 e. The molecule has 0 bridgehead atoms. The van der Waals surface area contributed by atoms with Crippen LogP contribution in [0.4, 0.5) is 0 Å². The molecule has 132 valence electrons. The van der Waals surface area contributed by atoms with Crippen LogP contribution in [0.3, 0.4) is 0 Å². The van der Waals surface area contributed by atoms with E-state index in [9.17, 15) is 8.42 Å². The number of ether oxygens (including phenoxy) is 1. The van der Waals surface area contributed by atoms with Crippen LogP contribution in [0.25, 0.3) is 0 Å². The van der Waals surface area contributed by atoms with E-state index in [1.54, 1.807) is 17.5 Å². The maximum Gasteiger partial charge on any atom is 0.252 e. The van der Waals surface area contributed by atoms with E-state index < -0.39 is 10.0 Å². The first-order chi connectivity index (χ1) is 10.9. The zero-order valence-electron chi connectivity index (χ0n) is 14.5. The SMILES string of the molecule is CCc1ccc(S(=O)(=O)N2CC(C)N(CCCOC)C(C)C2)s1. The third kappa shape index (κ3) is 4.33. The van der Waals surface area contributed by atoms with Gasteiger partial charge in [-0.2, -0.15) is 4.31 Å². The van der Waals surface area contributed by atoms with Crippen molar-refractivity contribution in [1.82, 2.24) is 9.21 Å². The summed E-state index contributed by atoms with van der Waals surface area (Å²) in [4.78, 5) is 3.50. The van der Waals surface area contributed by atoms with Crippen LogP contribution in [-0.4, -0.2) is 63.1 Å². The molecule has 1 aromatic rings. The molecule has 0 spiro atoms. The fraction of sp³-hybridized carbons (Fsp3) is 0.750. The number of nitrogens with zero attached hydrogens (tertiary/aromatic N) is 2. The van der Waals surface area contributed by atoms with Crippen LogP contribution in [0.1, 0.15) is 32.1 Å². The van der Waals surface area contributed by atoms with Crippen LogP contribution in [0.5, 0.6) is 0 Å². The lowest BCUT2D eigenvalue weighted by Gasteiger charge is -2.43. The molecule has 0 saturated carbocycles. The smallest absolute Gasteiger partial charge is 0.252 e. The summed E-state index contributed by atoms with van der Waals surface area (Å²) in [6.07, 6.45) is 1.85. The quantitative estimate of drug-likeness (QED) is 0.701. The monoisotopic (exact) mass is 360 g/mol. The Morgan fingerprint density at radius 2 is 1.91 bits per heavy atom. The molecule has 2 atom stereocenters. The van der Waals surface area contributed by atoms with Crippen LogP contribution in [0, 0.1) is 0 Å². The number of rotatable bonds is 7. The van der Waals surface area contributed by atoms with E-state index in [0.29, 0.717) is 17.3 Å². The van der Waals surface area contributed by atoms with Gasteiger partial charge in [0.15, 0.2) is 0 Å². The average molecular weight is 361 g/mol. The van der Waals surface area contributed by atoms with Gasteiger partial charge in [-0.1, -0.05) is 6.92 Å². The van der Waals surface area contributed by atoms with Gasteiger partial charge in [-0.05, 0) is 38.8 Å². The van der Waals surface area contributed by atoms with Gasteiger partial charge in [-0.25, -0.2) is 8.42 Å². The highest BCUT2D eigenvalue weighted by Crippen LogP contribution is 2.28. The van der Waals surface area contributed by atoms with Crippen molar-refractivity contribution in [1.29, 1.82) is 0 Å². The molecule has 1 fully saturated rings. The summed E-state index contributed by atoms with van der Waals surface area (Å²) >= 11 is 1.39. The summed E-state index contributed by atoms with van der Waals surface area (Å²) in [5.41, 5.74) is 0. The average Bonchev–Trinajstić information content (AvgIpc) is 2.99. The maximum atomic E-state index is 12.9. The lowest BCUT2D eigenvalue weighted by Crippen LogP contribution is -2.58. The van der Waals surface area contributed by atoms with E-state index in [-0.39, 0.29) is 12.1 Å². The van der Waals surface area contributed by atoms with Crippen molar-refractivity contribution < 1.29 is 13.2 Å². The van der Waals surface area contributed by atoms with E-state index in [1.165, 1.54) is 11.3 Å². The highest BCUT2D eigenvalue weighted by Gasteiger charge is 2.36. The first-order valence-corrected chi connectivity index (χ1v) is 10.5. The third-order valence-corrected chi connectivity index (χ3v) is 7.94. The molecular weight excluding hydrogens is 332 g/mol. The van der Waals surface area contributed by atoms with Crippen LogP contribution < -0.4 is 0 Å². The minimum atomic E-state index is -3.37. The fourth-order valence-corrected chi connectivity index (χ4v) is 6.20. The van der Waals surface area contributed by atoms with Crippen molar-refractivity contribution >= 4 is 21.4 Å². The summed E-state index contributed by atoms with van der Waals surface area (Å²) < 4.78 is 33.0. The highest BCUT2D eigenvalue weighted by molar-refractivity contribution is 7.91. The number of piperazine rings is 1. The minimum absolute atomic E-state index is 0.219. The van der Waals surface area contributed by atoms with Crippen molar-refractivity contribution in [2.24, 2.45) is 0 Å². The molecular formula is C16H28N2O3S2. The number of thiophene rings is 1. The Labute approximate surface area is 144 Å². The molecule has 0 N–H and O–H groups in total. The fourth-order valence-electron chi connectivity index (χ4n) is 3.15. The van der Waals surface area contributed by atoms with E-state index in [0.717, 1.165) is 30.9 Å². The Morgan fingerprint density at radius 3 is 2.43 bits per heavy atom. The number of methoxy groups -OCH3 is 1. The van der Waals surface area contributed by atoms with Crippen LogP contribution >= 0.6 is 11.3 Å². The van der Waals surface area contributed by atoms with Gasteiger partial charge in [0, 0.05) is 50.3 Å². The van der Waals surface area contributed by atoms with E-state index in [4.69, 9.17) is 4.74 Å². The van der Waals surface area contributed by atoms with Gasteiger partial charge in [0.2, 0.25) is 0 Å². The molecule has 23 heavy (non-hydrogen) atoms. The molecule has 1 aromatic heterocycles. The molecule has 2 unspecified atom stereocenters. The van der Waals surface area contributed by atoms with Crippen LogP contribution in [-0.2, 0) is 21.2 Å². The molecule has 7 heteroatoms. The van der Waals surface area contributed by atoms with Gasteiger partial charge in [0.1, 0.15) is 4.21 Å². The number of hydrogen-bond acceptors (Lipinski definition) is 5. The standard InChI is InChI=1S/C16H28N2O3S2/c1-5-15-7-8-16(22-15)23(19,20)17-11-13(2)18(14(3)12-17)9-6-10-21-4/h7-8,13-14H,5-6,9-12H2,1-4H3. The van der Waals surface area contributed by atoms with Crippen molar-refractivity contribution in [3.63, 3.8) is 0 Å². The first-order valence-electron chi connectivity index (χ1n) is 8.23. The first kappa shape index (κ1) is 18.9. The largest absolute Gasteiger partial charge is 0.385 e. The summed E-state index contributed by atoms with van der Waals surface area (Å²) in [5.74, 6) is 0. The Morgan fingerprint density at radius 1 is 1.26 bits per heavy atom. The molecule has 0 aromatic carbocycles. The lowest BCUT2D eigenvalue weighted by atomic mass is 10.1. The van der Waals surface area contributed by atoms with Crippen molar-refractivity contribution in [3.05, 3.63) is 17.0 Å². The van der Waals surface area contributed by atoms with Gasteiger partial charge in [-0.15, -0.1) is 11.3 Å². The van der Waals surface area contributed by atoms with Crippen LogP contribution in [0.2, 0.25) is 0 Å². The van der Waals surface area contributed by atoms with Gasteiger partial charge < -0.3 is 4.74 Å². The summed E-state index contributed by atoms with van der Waals surface area (Å²) in [6.45, 7) is 9.06. The predicted molar refractivity (Wildman–Crippen MR) is 94.6 cm³/mol. The highest BCUT2D eigenvalue weighted by atomic mass is 32.2. The van der Waals surface area contributed by atoms with E-state index in [2.05, 4.69) is 18.7 Å². The summed E-state index contributed by atoms with van der Waals surface area (Å²) in [5, 5.41) is 0. The Balaban J connectivity index is 2.07. The molecule has 2 heterocycles. The lowest BCUT2D eigenvalue weighted by molar-refractivity contribution is 0.0666. The Bertz CT molecular complexity index is 588. The molecule has 0 amide bonds. The normalized spacial score (nSPS) is 24.2. The van der Waals surface area contributed by atoms with E-state index in [1.807, 2.05) is 13.0 Å². The van der Waals surface area contributed by atoms with Crippen LogP contribution in [0.15, 0.2) is 16.3 Å². The number of hydrogen-bond donors (Lipinski definition) is 0. The molecule has 1 saturated heterocycles. The van der Waals surface area contributed by atoms with Crippen molar-refractivity contribution in [2.75, 3.05) is 33.4 Å². The predicted octanol–water partition coefficient (Wildman–Crippen LogP) is 2.43. The number of aryl methyl sites for hydroxylation is 1. The summed E-state index contributed by atoms with van der Waals surface area (Å²) in [7, 11) is -1.65. The summed E-state index contributed by atoms with van der Waals surface area (Å²) in [6, 6.07) is 4.11. The maximum absolute atomic E-state index is 12.9. The van der Waals surface area contributed by atoms with Gasteiger partial charge in [0.05, 0.1) is 0 Å². The molecule has 0 aliphatic carbocycles. The second kappa shape index (κ2) is 8.07. The second-order valence-corrected chi connectivity index (χ2v) is 9.51. The van der Waals surface area contributed by atoms with Crippen molar-refractivity contribution in [2.45, 2.75) is 49.9 Å². The topological polar surface area (TPSA) is 49.9 Å². The molecule has 5 nitrogen and oxygen atoms in total. The Kier molecular flexibility index (Phi) is 6.62. The third-order valence-electron chi connectivity index (χ3n) is 4.41. The molecule has 2 rings (SSSR count). The van der Waals surface area contributed by atoms with Gasteiger partial charge in [-0.3, -0.25) is 4.90 Å². The Hall–Kier alpha value is -0.470. The second-order valence-electron chi connectivity index (χ2n) is 6.18.